The Morgan fingerprint density at radius 1 is 1.07 bits per heavy atom. The van der Waals surface area contributed by atoms with Crippen LogP contribution in [0.25, 0.3) is 0 Å². The monoisotopic (exact) mass is 381 g/mol. The first-order valence-corrected chi connectivity index (χ1v) is 8.38. The van der Waals surface area contributed by atoms with Crippen molar-refractivity contribution in [2.24, 2.45) is 0 Å². The highest BCUT2D eigenvalue weighted by Crippen LogP contribution is 2.32. The largest absolute Gasteiger partial charge is 0.550 e. The van der Waals surface area contributed by atoms with E-state index in [1.54, 1.807) is 18.2 Å². The average Bonchev–Trinajstić information content (AvgIpc) is 2.58. The first-order chi connectivity index (χ1) is 12.6. The predicted octanol–water partition coefficient (Wildman–Crippen LogP) is 3.93. The molecular formula is C20H20F3O4-. The molecule has 0 aliphatic carbocycles. The molecule has 7 heteroatoms. The Labute approximate surface area is 155 Å². The fourth-order valence-electron chi connectivity index (χ4n) is 2.42. The first-order valence-electron chi connectivity index (χ1n) is 8.38. The van der Waals surface area contributed by atoms with Gasteiger partial charge in [-0.3, -0.25) is 0 Å². The summed E-state index contributed by atoms with van der Waals surface area (Å²) in [6.45, 7) is 5.15. The lowest BCUT2D eigenvalue weighted by Crippen LogP contribution is -2.28. The SMILES string of the molecule is CC(C)Oc1ccc(C(C)C(=O)[O-])c(OCc2ccc(C(F)(F)F)cc2)c1. The number of carbonyl (C=O) groups excluding carboxylic acids is 1. The van der Waals surface area contributed by atoms with Crippen molar-refractivity contribution in [3.05, 3.63) is 59.2 Å². The summed E-state index contributed by atoms with van der Waals surface area (Å²) in [6.07, 6.45) is -4.49. The minimum absolute atomic E-state index is 0.0178. The molecule has 0 spiro atoms. The number of hydrogen-bond donors (Lipinski definition) is 0. The van der Waals surface area contributed by atoms with Crippen molar-refractivity contribution in [3.63, 3.8) is 0 Å². The van der Waals surface area contributed by atoms with Crippen LogP contribution < -0.4 is 14.6 Å². The third kappa shape index (κ3) is 5.64. The summed E-state index contributed by atoms with van der Waals surface area (Å²) < 4.78 is 49.2. The third-order valence-electron chi connectivity index (χ3n) is 3.85. The van der Waals surface area contributed by atoms with Crippen LogP contribution in [0.1, 0.15) is 43.4 Å². The Kier molecular flexibility index (Phi) is 6.36. The molecule has 146 valence electrons. The van der Waals surface area contributed by atoms with Crippen LogP contribution in [0, 0.1) is 0 Å². The molecule has 1 unspecified atom stereocenters. The van der Waals surface area contributed by atoms with Gasteiger partial charge < -0.3 is 19.4 Å². The molecule has 0 aliphatic heterocycles. The summed E-state index contributed by atoms with van der Waals surface area (Å²) in [5.41, 5.74) is 0.174. The van der Waals surface area contributed by atoms with E-state index in [0.29, 0.717) is 16.9 Å². The van der Waals surface area contributed by atoms with Crippen LogP contribution in [0.4, 0.5) is 13.2 Å². The molecule has 2 aromatic carbocycles. The molecule has 0 fully saturated rings. The standard InChI is InChI=1S/C20H21F3O4/c1-12(2)27-16-8-9-17(13(3)19(24)25)18(10-16)26-11-14-4-6-15(7-5-14)20(21,22)23/h4-10,12-13H,11H2,1-3H3,(H,24,25)/p-1. The topological polar surface area (TPSA) is 58.6 Å². The Balaban J connectivity index is 2.23. The lowest BCUT2D eigenvalue weighted by atomic mass is 10.00. The molecular weight excluding hydrogens is 361 g/mol. The van der Waals surface area contributed by atoms with Crippen molar-refractivity contribution in [1.29, 1.82) is 0 Å². The molecule has 2 aromatic rings. The van der Waals surface area contributed by atoms with Crippen molar-refractivity contribution in [3.8, 4) is 11.5 Å². The number of hydrogen-bond acceptors (Lipinski definition) is 4. The number of ether oxygens (including phenoxy) is 2. The highest BCUT2D eigenvalue weighted by Gasteiger charge is 2.29. The normalized spacial score (nSPS) is 12.7. The number of rotatable bonds is 7. The van der Waals surface area contributed by atoms with Gasteiger partial charge in [0.2, 0.25) is 0 Å². The van der Waals surface area contributed by atoms with Crippen molar-refractivity contribution in [2.75, 3.05) is 0 Å². The number of carboxylic acids is 1. The zero-order chi connectivity index (χ0) is 20.2. The zero-order valence-electron chi connectivity index (χ0n) is 15.2. The van der Waals surface area contributed by atoms with Gasteiger partial charge in [0.05, 0.1) is 11.7 Å². The lowest BCUT2D eigenvalue weighted by Gasteiger charge is -2.20. The summed E-state index contributed by atoms with van der Waals surface area (Å²) in [6, 6.07) is 9.38. The zero-order valence-corrected chi connectivity index (χ0v) is 15.2. The molecule has 0 radical (unpaired) electrons. The Morgan fingerprint density at radius 3 is 2.22 bits per heavy atom. The summed E-state index contributed by atoms with van der Waals surface area (Å²) >= 11 is 0. The Bertz CT molecular complexity index is 783. The van der Waals surface area contributed by atoms with Crippen molar-refractivity contribution >= 4 is 5.97 Å². The van der Waals surface area contributed by atoms with E-state index >= 15 is 0 Å². The van der Waals surface area contributed by atoms with Crippen LogP contribution >= 0.6 is 0 Å². The van der Waals surface area contributed by atoms with E-state index in [0.717, 1.165) is 12.1 Å². The van der Waals surface area contributed by atoms with Crippen molar-refractivity contribution in [1.82, 2.24) is 0 Å². The van der Waals surface area contributed by atoms with E-state index in [9.17, 15) is 23.1 Å². The molecule has 0 aromatic heterocycles. The van der Waals surface area contributed by atoms with Crippen LogP contribution in [0.15, 0.2) is 42.5 Å². The summed E-state index contributed by atoms with van der Waals surface area (Å²) in [7, 11) is 0. The van der Waals surface area contributed by atoms with Crippen molar-refractivity contribution < 1.29 is 32.5 Å². The Hall–Kier alpha value is -2.70. The predicted molar refractivity (Wildman–Crippen MR) is 91.4 cm³/mol. The maximum Gasteiger partial charge on any atom is 0.416 e. The molecule has 1 atom stereocenters. The molecule has 4 nitrogen and oxygen atoms in total. The maximum absolute atomic E-state index is 12.6. The van der Waals surface area contributed by atoms with Crippen LogP contribution in [-0.4, -0.2) is 12.1 Å². The molecule has 0 bridgehead atoms. The van der Waals surface area contributed by atoms with Gasteiger partial charge in [-0.15, -0.1) is 0 Å². The number of alkyl halides is 3. The molecule has 2 rings (SSSR count). The van der Waals surface area contributed by atoms with Gasteiger partial charge in [0, 0.05) is 23.5 Å². The van der Waals surface area contributed by atoms with E-state index < -0.39 is 23.6 Å². The second-order valence-corrected chi connectivity index (χ2v) is 6.39. The molecule has 0 saturated heterocycles. The second-order valence-electron chi connectivity index (χ2n) is 6.39. The minimum Gasteiger partial charge on any atom is -0.550 e. The lowest BCUT2D eigenvalue weighted by molar-refractivity contribution is -0.307. The summed E-state index contributed by atoms with van der Waals surface area (Å²) in [5.74, 6) is -1.39. The maximum atomic E-state index is 12.6. The average molecular weight is 381 g/mol. The van der Waals surface area contributed by atoms with Gasteiger partial charge in [-0.1, -0.05) is 25.1 Å². The first kappa shape index (κ1) is 20.6. The summed E-state index contributed by atoms with van der Waals surface area (Å²) in [4.78, 5) is 11.2. The molecule has 0 amide bonds. The van der Waals surface area contributed by atoms with E-state index in [4.69, 9.17) is 9.47 Å². The highest BCUT2D eigenvalue weighted by molar-refractivity contribution is 5.75. The molecule has 27 heavy (non-hydrogen) atoms. The number of carbonyl (C=O) groups is 1. The summed E-state index contributed by atoms with van der Waals surface area (Å²) in [5, 5.41) is 11.2. The third-order valence-corrected chi connectivity index (χ3v) is 3.85. The van der Waals surface area contributed by atoms with E-state index in [-0.39, 0.29) is 18.5 Å². The van der Waals surface area contributed by atoms with Gasteiger partial charge in [0.25, 0.3) is 0 Å². The minimum atomic E-state index is -4.40. The van der Waals surface area contributed by atoms with Crippen LogP contribution in [-0.2, 0) is 17.6 Å². The van der Waals surface area contributed by atoms with E-state index in [1.165, 1.54) is 19.1 Å². The van der Waals surface area contributed by atoms with Gasteiger partial charge in [0.15, 0.2) is 0 Å². The second kappa shape index (κ2) is 8.33. The molecule has 0 N–H and O–H groups in total. The van der Waals surface area contributed by atoms with Gasteiger partial charge in [-0.25, -0.2) is 0 Å². The van der Waals surface area contributed by atoms with Crippen molar-refractivity contribution in [2.45, 2.75) is 45.6 Å². The van der Waals surface area contributed by atoms with Crippen LogP contribution in [0.3, 0.4) is 0 Å². The number of carboxylic acid groups (broad SMARTS) is 1. The van der Waals surface area contributed by atoms with Gasteiger partial charge in [-0.05, 0) is 37.6 Å². The van der Waals surface area contributed by atoms with Gasteiger partial charge in [-0.2, -0.15) is 13.2 Å². The van der Waals surface area contributed by atoms with Crippen LogP contribution in [0.5, 0.6) is 11.5 Å². The molecule has 0 saturated carbocycles. The van der Waals surface area contributed by atoms with E-state index in [1.807, 2.05) is 13.8 Å². The number of halogens is 3. The van der Waals surface area contributed by atoms with Gasteiger partial charge in [0.1, 0.15) is 18.1 Å². The molecule has 0 heterocycles. The number of benzene rings is 2. The van der Waals surface area contributed by atoms with Crippen LogP contribution in [0.2, 0.25) is 0 Å². The van der Waals surface area contributed by atoms with E-state index in [2.05, 4.69) is 0 Å². The quantitative estimate of drug-likeness (QED) is 0.729. The number of aliphatic carboxylic acids is 1. The smallest absolute Gasteiger partial charge is 0.416 e. The highest BCUT2D eigenvalue weighted by atomic mass is 19.4. The van der Waals surface area contributed by atoms with Gasteiger partial charge >= 0.3 is 6.18 Å². The fourth-order valence-corrected chi connectivity index (χ4v) is 2.42. The Morgan fingerprint density at radius 2 is 1.70 bits per heavy atom. The fraction of sp³-hybridized carbons (Fsp3) is 0.350. The molecule has 0 aliphatic rings.